The van der Waals surface area contributed by atoms with Gasteiger partial charge in [0.15, 0.2) is 11.0 Å². The number of hydrogen-bond acceptors (Lipinski definition) is 4. The van der Waals surface area contributed by atoms with E-state index >= 15 is 0 Å². The van der Waals surface area contributed by atoms with Crippen molar-refractivity contribution in [1.82, 2.24) is 14.8 Å². The highest BCUT2D eigenvalue weighted by Crippen LogP contribution is 2.29. The number of hydrazone groups is 1. The fraction of sp³-hybridized carbons (Fsp3) is 0.533. The van der Waals surface area contributed by atoms with Crippen molar-refractivity contribution >= 4 is 28.3 Å². The van der Waals surface area contributed by atoms with E-state index in [1.54, 1.807) is 0 Å². The van der Waals surface area contributed by atoms with Crippen LogP contribution in [-0.2, 0) is 0 Å². The van der Waals surface area contributed by atoms with E-state index in [0.29, 0.717) is 11.1 Å². The van der Waals surface area contributed by atoms with Crippen LogP contribution in [0.2, 0.25) is 0 Å². The van der Waals surface area contributed by atoms with Crippen LogP contribution in [0.3, 0.4) is 0 Å². The number of rotatable bonds is 2. The van der Waals surface area contributed by atoms with Crippen molar-refractivity contribution in [3.05, 3.63) is 23.0 Å². The van der Waals surface area contributed by atoms with E-state index in [-0.39, 0.29) is 5.92 Å². The molecule has 1 unspecified atom stereocenters. The first-order valence-electron chi connectivity index (χ1n) is 7.21. The van der Waals surface area contributed by atoms with Crippen molar-refractivity contribution in [3.8, 4) is 0 Å². The normalized spacial score (nSPS) is 21.4. The number of aryl methyl sites for hydroxylation is 1. The Hall–Kier alpha value is -1.62. The Balaban J connectivity index is 2.06. The fourth-order valence-corrected chi connectivity index (χ4v) is 3.42. The number of aliphatic imine (C=N–C) groups is 1. The Morgan fingerprint density at radius 2 is 2.05 bits per heavy atom. The molecule has 21 heavy (non-hydrogen) atoms. The van der Waals surface area contributed by atoms with Gasteiger partial charge in [0.1, 0.15) is 0 Å². The van der Waals surface area contributed by atoms with Gasteiger partial charge < -0.3 is 0 Å². The fourth-order valence-electron chi connectivity index (χ4n) is 3.19. The van der Waals surface area contributed by atoms with Gasteiger partial charge in [0.05, 0.1) is 17.3 Å². The molecule has 0 amide bonds. The molecule has 0 N–H and O–H groups in total. The van der Waals surface area contributed by atoms with E-state index in [4.69, 9.17) is 11.6 Å². The first-order valence-corrected chi connectivity index (χ1v) is 7.58. The van der Waals surface area contributed by atoms with E-state index in [2.05, 4.69) is 42.0 Å². The minimum atomic E-state index is 0.193. The maximum absolute atomic E-state index is 6.37. The van der Waals surface area contributed by atoms with Gasteiger partial charge in [-0.1, -0.05) is 25.4 Å². The highest BCUT2D eigenvalue weighted by molar-refractivity contribution is 6.76. The largest absolute Gasteiger partial charge is 0.297 e. The molecule has 112 valence electrons. The quantitative estimate of drug-likeness (QED) is 0.843. The smallest absolute Gasteiger partial charge is 0.158 e. The number of allylic oxidation sites excluding steroid dienone is 1. The van der Waals surface area contributed by atoms with Crippen LogP contribution in [0.4, 0.5) is 0 Å². The topological polar surface area (TPSA) is 45.8 Å². The number of fused-ring (bicyclic) bond motifs is 1. The molecule has 1 atom stereocenters. The van der Waals surface area contributed by atoms with Crippen molar-refractivity contribution in [2.45, 2.75) is 33.6 Å². The summed E-state index contributed by atoms with van der Waals surface area (Å²) in [6, 6.07) is 0. The molecule has 0 spiro atoms. The average molecular weight is 306 g/mol. The molecule has 0 saturated heterocycles. The van der Waals surface area contributed by atoms with Gasteiger partial charge in [-0.05, 0) is 31.4 Å². The van der Waals surface area contributed by atoms with Crippen LogP contribution in [0.1, 0.15) is 36.7 Å². The number of amidine groups is 1. The Labute approximate surface area is 130 Å². The van der Waals surface area contributed by atoms with Gasteiger partial charge in [-0.2, -0.15) is 10.2 Å². The zero-order valence-electron chi connectivity index (χ0n) is 13.1. The summed E-state index contributed by atoms with van der Waals surface area (Å²) in [6.45, 7) is 9.34. The predicted molar refractivity (Wildman–Crippen MR) is 86.9 cm³/mol. The molecule has 0 bridgehead atoms. The van der Waals surface area contributed by atoms with Gasteiger partial charge in [0.25, 0.3) is 0 Å². The molecule has 0 fully saturated rings. The third-order valence-corrected chi connectivity index (χ3v) is 4.28. The Kier molecular flexibility index (Phi) is 3.40. The minimum Gasteiger partial charge on any atom is -0.297 e. The third-order valence-electron chi connectivity index (χ3n) is 4.00. The second-order valence-electron chi connectivity index (χ2n) is 6.01. The summed E-state index contributed by atoms with van der Waals surface area (Å²) < 4.78 is 1.92. The monoisotopic (exact) mass is 305 g/mol. The molecule has 0 aromatic carbocycles. The molecule has 3 heterocycles. The molecule has 3 rings (SSSR count). The summed E-state index contributed by atoms with van der Waals surface area (Å²) in [5.74, 6) is 1.42. The van der Waals surface area contributed by atoms with Crippen LogP contribution in [0, 0.1) is 19.8 Å². The summed E-state index contributed by atoms with van der Waals surface area (Å²) in [5, 5.41) is 11.4. The van der Waals surface area contributed by atoms with Crippen LogP contribution in [0.25, 0.3) is 5.70 Å². The van der Waals surface area contributed by atoms with Crippen LogP contribution < -0.4 is 0 Å². The lowest BCUT2D eigenvalue weighted by Crippen LogP contribution is -2.21. The Bertz CT molecular complexity index is 680. The van der Waals surface area contributed by atoms with Gasteiger partial charge in [0.2, 0.25) is 0 Å². The molecule has 2 aliphatic heterocycles. The van der Waals surface area contributed by atoms with Gasteiger partial charge in [-0.3, -0.25) is 5.01 Å². The van der Waals surface area contributed by atoms with Crippen molar-refractivity contribution in [2.24, 2.45) is 16.0 Å². The van der Waals surface area contributed by atoms with Crippen LogP contribution in [-0.4, -0.2) is 39.4 Å². The molecular formula is C15H20ClN5. The number of hydrogen-bond donors (Lipinski definition) is 0. The third kappa shape index (κ3) is 2.29. The SMILES string of the molecule is Cc1nn(C2=CC3CN(C)N=C3N=C2Cl)c(C)c1C(C)C. The van der Waals surface area contributed by atoms with Gasteiger partial charge in [-0.15, -0.1) is 0 Å². The van der Waals surface area contributed by atoms with E-state index < -0.39 is 0 Å². The highest BCUT2D eigenvalue weighted by atomic mass is 35.5. The minimum absolute atomic E-state index is 0.193. The lowest BCUT2D eigenvalue weighted by atomic mass is 10.0. The molecule has 1 aromatic rings. The predicted octanol–water partition coefficient (Wildman–Crippen LogP) is 2.99. The highest BCUT2D eigenvalue weighted by Gasteiger charge is 2.30. The first kappa shape index (κ1) is 14.3. The van der Waals surface area contributed by atoms with Crippen molar-refractivity contribution < 1.29 is 0 Å². The lowest BCUT2D eigenvalue weighted by Gasteiger charge is -2.16. The molecule has 2 aliphatic rings. The molecule has 0 radical (unpaired) electrons. The van der Waals surface area contributed by atoms with Crippen molar-refractivity contribution in [3.63, 3.8) is 0 Å². The summed E-state index contributed by atoms with van der Waals surface area (Å²) >= 11 is 6.37. The van der Waals surface area contributed by atoms with Crippen LogP contribution in [0.5, 0.6) is 0 Å². The standard InChI is InChI=1S/C15H20ClN5/c1-8(2)13-9(3)18-21(10(13)4)12-6-11-7-20(5)19-15(11)17-14(12)16/h6,8,11H,7H2,1-5H3. The number of halogens is 1. The average Bonchev–Trinajstić information content (AvgIpc) is 2.87. The van der Waals surface area contributed by atoms with Gasteiger partial charge in [0, 0.05) is 19.3 Å². The molecule has 5 nitrogen and oxygen atoms in total. The zero-order chi connectivity index (χ0) is 15.3. The van der Waals surface area contributed by atoms with E-state index in [0.717, 1.165) is 29.5 Å². The molecule has 6 heteroatoms. The van der Waals surface area contributed by atoms with Crippen molar-refractivity contribution in [2.75, 3.05) is 13.6 Å². The maximum Gasteiger partial charge on any atom is 0.158 e. The second-order valence-corrected chi connectivity index (χ2v) is 6.37. The second kappa shape index (κ2) is 4.98. The Morgan fingerprint density at radius 1 is 1.33 bits per heavy atom. The van der Waals surface area contributed by atoms with E-state index in [1.165, 1.54) is 5.56 Å². The number of aromatic nitrogens is 2. The lowest BCUT2D eigenvalue weighted by molar-refractivity contribution is 0.376. The molecule has 0 saturated carbocycles. The van der Waals surface area contributed by atoms with E-state index in [1.807, 2.05) is 23.7 Å². The van der Waals surface area contributed by atoms with Crippen LogP contribution in [0.15, 0.2) is 16.2 Å². The maximum atomic E-state index is 6.37. The number of dihydropyridines is 1. The summed E-state index contributed by atoms with van der Waals surface area (Å²) in [5.41, 5.74) is 4.33. The zero-order valence-corrected chi connectivity index (χ0v) is 13.8. The molecule has 0 aliphatic carbocycles. The Morgan fingerprint density at radius 3 is 2.67 bits per heavy atom. The summed E-state index contributed by atoms with van der Waals surface area (Å²) in [4.78, 5) is 4.44. The summed E-state index contributed by atoms with van der Waals surface area (Å²) in [7, 11) is 1.95. The van der Waals surface area contributed by atoms with Gasteiger partial charge >= 0.3 is 0 Å². The molecular weight excluding hydrogens is 286 g/mol. The molecule has 1 aromatic heterocycles. The first-order chi connectivity index (χ1) is 9.88. The van der Waals surface area contributed by atoms with Crippen LogP contribution >= 0.6 is 11.6 Å². The van der Waals surface area contributed by atoms with Gasteiger partial charge in [-0.25, -0.2) is 9.67 Å². The number of nitrogens with zero attached hydrogens (tertiary/aromatic N) is 5. The van der Waals surface area contributed by atoms with Crippen molar-refractivity contribution in [1.29, 1.82) is 0 Å². The summed E-state index contributed by atoms with van der Waals surface area (Å²) in [6.07, 6.45) is 2.13. The van der Waals surface area contributed by atoms with E-state index in [9.17, 15) is 0 Å².